The van der Waals surface area contributed by atoms with Crippen molar-refractivity contribution in [3.63, 3.8) is 0 Å². The van der Waals surface area contributed by atoms with E-state index in [1.54, 1.807) is 6.07 Å². The summed E-state index contributed by atoms with van der Waals surface area (Å²) >= 11 is 0. The second-order valence-corrected chi connectivity index (χ2v) is 9.07. The highest BCUT2D eigenvalue weighted by atomic mass is 31.2. The second kappa shape index (κ2) is 6.46. The minimum absolute atomic E-state index is 0.453. The quantitative estimate of drug-likeness (QED) is 0.429. The van der Waals surface area contributed by atoms with Gasteiger partial charge in [-0.15, -0.1) is 0 Å². The fourth-order valence-electron chi connectivity index (χ4n) is 2.02. The van der Waals surface area contributed by atoms with Crippen LogP contribution >= 0.6 is 15.2 Å². The Balaban J connectivity index is 2.43. The number of aliphatic hydroxyl groups is 1. The summed E-state index contributed by atoms with van der Waals surface area (Å²) in [5.74, 6) is -0.453. The van der Waals surface area contributed by atoms with Crippen molar-refractivity contribution in [1.82, 2.24) is 0 Å². The van der Waals surface area contributed by atoms with E-state index in [4.69, 9.17) is 14.7 Å². The minimum Gasteiger partial charge on any atom is -0.776 e. The third-order valence-corrected chi connectivity index (χ3v) is 7.01. The Kier molecular flexibility index (Phi) is 5.09. The van der Waals surface area contributed by atoms with Gasteiger partial charge in [0.1, 0.15) is 5.82 Å². The molecule has 0 radical (unpaired) electrons. The molecule has 0 aliphatic carbocycles. The lowest BCUT2D eigenvalue weighted by molar-refractivity contribution is -0.703. The van der Waals surface area contributed by atoms with E-state index in [0.717, 1.165) is 4.57 Å². The van der Waals surface area contributed by atoms with E-state index in [1.165, 1.54) is 42.7 Å². The number of hydrogen-bond acceptors (Lipinski definition) is 4. The van der Waals surface area contributed by atoms with Crippen LogP contribution in [0.5, 0.6) is 0 Å². The van der Waals surface area contributed by atoms with E-state index < -0.39 is 32.6 Å². The van der Waals surface area contributed by atoms with Crippen LogP contribution in [0.2, 0.25) is 0 Å². The van der Waals surface area contributed by atoms with Crippen LogP contribution in [-0.2, 0) is 15.7 Å². The molecule has 1 aromatic carbocycles. The molecule has 0 fully saturated rings. The molecular formula is C13H14FNO7P2. The lowest BCUT2D eigenvalue weighted by Gasteiger charge is -2.33. The Morgan fingerprint density at radius 2 is 1.67 bits per heavy atom. The number of hydrogen-bond donors (Lipinski definition) is 4. The highest BCUT2D eigenvalue weighted by Gasteiger charge is 2.57. The van der Waals surface area contributed by atoms with Crippen LogP contribution in [0.15, 0.2) is 48.8 Å². The normalized spacial score (nSPS) is 17.1. The first-order valence-corrected chi connectivity index (χ1v) is 9.70. The van der Waals surface area contributed by atoms with Gasteiger partial charge in [0.2, 0.25) is 0 Å². The molecule has 1 aromatic heterocycles. The summed E-state index contributed by atoms with van der Waals surface area (Å²) in [5, 5.41) is 6.22. The van der Waals surface area contributed by atoms with Crippen LogP contribution in [0.1, 0.15) is 0 Å². The van der Waals surface area contributed by atoms with E-state index in [2.05, 4.69) is 0 Å². The molecule has 4 N–H and O–H groups in total. The van der Waals surface area contributed by atoms with Crippen molar-refractivity contribution >= 4 is 15.2 Å². The van der Waals surface area contributed by atoms with Gasteiger partial charge >= 0.3 is 7.60 Å². The molecule has 2 aromatic rings. The smallest absolute Gasteiger partial charge is 0.372 e. The number of rotatable bonds is 5. The zero-order valence-corrected chi connectivity index (χ0v) is 13.8. The number of aromatic nitrogens is 1. The van der Waals surface area contributed by atoms with Crippen LogP contribution in [-0.4, -0.2) is 24.9 Å². The minimum atomic E-state index is -5.80. The third-order valence-electron chi connectivity index (χ3n) is 3.35. The Labute approximate surface area is 136 Å². The monoisotopic (exact) mass is 377 g/mol. The van der Waals surface area contributed by atoms with Gasteiger partial charge in [-0.25, -0.2) is 8.96 Å². The molecule has 0 aliphatic heterocycles. The van der Waals surface area contributed by atoms with E-state index >= 15 is 0 Å². The Bertz CT molecular complexity index is 808. The lowest BCUT2D eigenvalue weighted by atomic mass is 10.1. The van der Waals surface area contributed by atoms with Crippen LogP contribution in [0.3, 0.4) is 0 Å². The maximum Gasteiger partial charge on any atom is 0.372 e. The average Bonchev–Trinajstić information content (AvgIpc) is 2.46. The van der Waals surface area contributed by atoms with E-state index in [0.29, 0.717) is 11.1 Å². The third kappa shape index (κ3) is 3.79. The first-order valence-electron chi connectivity index (χ1n) is 6.51. The summed E-state index contributed by atoms with van der Waals surface area (Å²) in [4.78, 5) is 38.6. The van der Waals surface area contributed by atoms with Gasteiger partial charge in [-0.2, -0.15) is 0 Å². The number of pyridine rings is 1. The molecule has 2 atom stereocenters. The van der Waals surface area contributed by atoms with Crippen molar-refractivity contribution in [2.45, 2.75) is 11.6 Å². The average molecular weight is 377 g/mol. The topological polar surface area (TPSA) is 142 Å². The molecule has 0 amide bonds. The predicted molar refractivity (Wildman–Crippen MR) is 78.9 cm³/mol. The molecule has 11 heteroatoms. The van der Waals surface area contributed by atoms with Crippen LogP contribution in [0, 0.1) is 5.82 Å². The van der Waals surface area contributed by atoms with Gasteiger partial charge in [0.05, 0.1) is 0 Å². The van der Waals surface area contributed by atoms with Crippen molar-refractivity contribution < 1.29 is 42.8 Å². The number of halogens is 1. The first-order chi connectivity index (χ1) is 10.9. The molecular weight excluding hydrogens is 363 g/mol. The molecule has 1 heterocycles. The van der Waals surface area contributed by atoms with Crippen LogP contribution in [0.25, 0.3) is 11.1 Å². The SMILES string of the molecule is O=P([O-])(O)C(O)(C[n+]1cccc(-c2ccc(F)cc2)c1)P(=O)(O)O. The molecule has 0 saturated heterocycles. The Morgan fingerprint density at radius 1 is 1.08 bits per heavy atom. The maximum atomic E-state index is 12.9. The predicted octanol–water partition coefficient (Wildman–Crippen LogP) is 0.150. The summed E-state index contributed by atoms with van der Waals surface area (Å²) in [6, 6.07) is 8.35. The van der Waals surface area contributed by atoms with Gasteiger partial charge in [-0.1, -0.05) is 12.1 Å². The van der Waals surface area contributed by atoms with Gasteiger partial charge in [0, 0.05) is 11.6 Å². The molecule has 8 nitrogen and oxygen atoms in total. The van der Waals surface area contributed by atoms with E-state index in [9.17, 15) is 23.5 Å². The summed E-state index contributed by atoms with van der Waals surface area (Å²) in [7, 11) is -11.4. The van der Waals surface area contributed by atoms with E-state index in [-0.39, 0.29) is 0 Å². The fourth-order valence-corrected chi connectivity index (χ4v) is 4.03. The van der Waals surface area contributed by atoms with E-state index in [1.807, 2.05) is 0 Å². The number of nitrogens with zero attached hydrogens (tertiary/aromatic N) is 1. The standard InChI is InChI=1S/C13H14FNO7P2/c14-12-5-3-10(4-6-12)11-2-1-7-15(8-11)9-13(16,23(17,18)19)24(20,21)22/h1-8,16H,9H2,(H3-,17,18,19,20,21,22). The zero-order valence-electron chi connectivity index (χ0n) is 12.1. The Hall–Kier alpha value is -1.44. The van der Waals surface area contributed by atoms with Crippen molar-refractivity contribution in [3.8, 4) is 11.1 Å². The van der Waals surface area contributed by atoms with Gasteiger partial charge in [0.15, 0.2) is 26.5 Å². The summed E-state index contributed by atoms with van der Waals surface area (Å²) < 4.78 is 36.6. The lowest BCUT2D eigenvalue weighted by Crippen LogP contribution is -2.49. The molecule has 2 unspecified atom stereocenters. The summed E-state index contributed by atoms with van der Waals surface area (Å²) in [6.07, 6.45) is 2.55. The molecule has 130 valence electrons. The Morgan fingerprint density at radius 3 is 2.17 bits per heavy atom. The van der Waals surface area contributed by atoms with Crippen molar-refractivity contribution in [2.75, 3.05) is 0 Å². The molecule has 24 heavy (non-hydrogen) atoms. The van der Waals surface area contributed by atoms with Crippen molar-refractivity contribution in [2.24, 2.45) is 0 Å². The molecule has 0 aliphatic rings. The van der Waals surface area contributed by atoms with Gasteiger partial charge in [0.25, 0.3) is 5.08 Å². The van der Waals surface area contributed by atoms with Gasteiger partial charge in [-0.3, -0.25) is 4.57 Å². The van der Waals surface area contributed by atoms with Gasteiger partial charge < -0.3 is 29.2 Å². The first kappa shape index (κ1) is 18.9. The second-order valence-electron chi connectivity index (χ2n) is 5.11. The summed E-state index contributed by atoms with van der Waals surface area (Å²) in [6.45, 7) is -1.09. The fraction of sp³-hybridized carbons (Fsp3) is 0.154. The largest absolute Gasteiger partial charge is 0.776 e. The zero-order chi connectivity index (χ0) is 18.2. The summed E-state index contributed by atoms with van der Waals surface area (Å²) in [5.41, 5.74) is 1.03. The molecule has 2 rings (SSSR count). The molecule has 0 bridgehead atoms. The van der Waals surface area contributed by atoms with Gasteiger partial charge in [-0.05, 0) is 23.8 Å². The highest BCUT2D eigenvalue weighted by molar-refractivity contribution is 7.71. The van der Waals surface area contributed by atoms with Crippen LogP contribution in [0.4, 0.5) is 4.39 Å². The van der Waals surface area contributed by atoms with Crippen LogP contribution < -0.4 is 9.46 Å². The van der Waals surface area contributed by atoms with Crippen molar-refractivity contribution in [3.05, 3.63) is 54.6 Å². The highest BCUT2D eigenvalue weighted by Crippen LogP contribution is 2.65. The molecule has 0 saturated carbocycles. The number of benzene rings is 1. The van der Waals surface area contributed by atoms with Crippen molar-refractivity contribution in [1.29, 1.82) is 0 Å². The molecule has 0 spiro atoms. The maximum absolute atomic E-state index is 12.9.